The normalized spacial score (nSPS) is 17.3. The van der Waals surface area contributed by atoms with E-state index in [0.29, 0.717) is 28.9 Å². The Hall–Kier alpha value is -1.11. The zero-order valence-corrected chi connectivity index (χ0v) is 19.5. The van der Waals surface area contributed by atoms with Gasteiger partial charge in [-0.25, -0.2) is 0 Å². The van der Waals surface area contributed by atoms with Crippen molar-refractivity contribution >= 4 is 53.3 Å². The number of carboxylic acids is 1. The summed E-state index contributed by atoms with van der Waals surface area (Å²) in [5.41, 5.74) is 2.30. The third kappa shape index (κ3) is 5.03. The summed E-state index contributed by atoms with van der Waals surface area (Å²) in [6.07, 6.45) is 2.21. The number of likely N-dealkylation sites (tertiary alicyclic amines) is 1. The Labute approximate surface area is 197 Å². The van der Waals surface area contributed by atoms with Gasteiger partial charge in [0.05, 0.1) is 13.0 Å². The maximum atomic E-state index is 10.8. The van der Waals surface area contributed by atoms with Gasteiger partial charge < -0.3 is 14.7 Å². The molecule has 1 N–H and O–H groups in total. The molecule has 2 aromatic rings. The Balaban J connectivity index is 0.00000256. The van der Waals surface area contributed by atoms with Crippen molar-refractivity contribution in [1.29, 1.82) is 0 Å². The van der Waals surface area contributed by atoms with Crippen LogP contribution in [-0.4, -0.2) is 42.2 Å². The quantitative estimate of drug-likeness (QED) is 0.512. The number of rotatable bonds is 6. The summed E-state index contributed by atoms with van der Waals surface area (Å²) in [6.45, 7) is 3.16. The van der Waals surface area contributed by atoms with E-state index >= 15 is 0 Å². The molecule has 4 nitrogen and oxygen atoms in total. The van der Waals surface area contributed by atoms with Crippen molar-refractivity contribution < 1.29 is 14.6 Å². The van der Waals surface area contributed by atoms with E-state index in [4.69, 9.17) is 33.0 Å². The van der Waals surface area contributed by atoms with Crippen molar-refractivity contribution in [3.8, 4) is 5.75 Å². The van der Waals surface area contributed by atoms with E-state index in [1.54, 1.807) is 11.8 Å². The molecule has 30 heavy (non-hydrogen) atoms. The van der Waals surface area contributed by atoms with Gasteiger partial charge in [-0.3, -0.25) is 4.79 Å². The minimum Gasteiger partial charge on any atom is -0.492 e. The maximum Gasteiger partial charge on any atom is 0.304 e. The first kappa shape index (κ1) is 23.6. The largest absolute Gasteiger partial charge is 0.492 e. The van der Waals surface area contributed by atoms with E-state index in [-0.39, 0.29) is 24.2 Å². The van der Waals surface area contributed by atoms with E-state index in [9.17, 15) is 4.79 Å². The van der Waals surface area contributed by atoms with Crippen LogP contribution in [0.5, 0.6) is 5.75 Å². The summed E-state index contributed by atoms with van der Waals surface area (Å²) in [5, 5.41) is 10.3. The lowest BCUT2D eigenvalue weighted by Gasteiger charge is -2.38. The number of thioether (sulfide) groups is 1. The predicted octanol–water partition coefficient (Wildman–Crippen LogP) is 5.91. The van der Waals surface area contributed by atoms with Crippen LogP contribution in [0.25, 0.3) is 0 Å². The smallest absolute Gasteiger partial charge is 0.304 e. The minimum atomic E-state index is -0.733. The molecule has 0 unspecified atom stereocenters. The SMILES string of the molecule is Cl.O=C(O)CCN1CCC2(CC1)COc1cc(SCc3c(Cl)cccc3Cl)ccc12. The number of benzene rings is 2. The Bertz CT molecular complexity index is 896. The number of hydrogen-bond donors (Lipinski definition) is 1. The second kappa shape index (κ2) is 10.0. The molecule has 1 spiro atoms. The number of carbonyl (C=O) groups is 1. The summed E-state index contributed by atoms with van der Waals surface area (Å²) < 4.78 is 6.09. The van der Waals surface area contributed by atoms with Crippen LogP contribution in [0.1, 0.15) is 30.4 Å². The van der Waals surface area contributed by atoms with Crippen molar-refractivity contribution in [1.82, 2.24) is 4.90 Å². The van der Waals surface area contributed by atoms with E-state index in [1.807, 2.05) is 18.2 Å². The van der Waals surface area contributed by atoms with Crippen molar-refractivity contribution in [2.75, 3.05) is 26.2 Å². The Morgan fingerprint density at radius 1 is 1.17 bits per heavy atom. The second-order valence-electron chi connectivity index (χ2n) is 7.70. The van der Waals surface area contributed by atoms with Gasteiger partial charge in [-0.15, -0.1) is 24.2 Å². The number of piperidine rings is 1. The third-order valence-corrected chi connectivity index (χ3v) is 7.66. The highest BCUT2D eigenvalue weighted by atomic mass is 35.5. The minimum absolute atomic E-state index is 0. The van der Waals surface area contributed by atoms with Gasteiger partial charge in [-0.1, -0.05) is 35.3 Å². The van der Waals surface area contributed by atoms with Gasteiger partial charge >= 0.3 is 5.97 Å². The molecule has 4 rings (SSSR count). The average Bonchev–Trinajstić information content (AvgIpc) is 3.05. The first-order valence-corrected chi connectivity index (χ1v) is 11.5. The van der Waals surface area contributed by atoms with Crippen LogP contribution in [0.2, 0.25) is 10.0 Å². The molecule has 162 valence electrons. The molecule has 0 radical (unpaired) electrons. The third-order valence-electron chi connectivity index (χ3n) is 5.93. The highest BCUT2D eigenvalue weighted by Crippen LogP contribution is 2.47. The lowest BCUT2D eigenvalue weighted by Crippen LogP contribution is -2.44. The molecule has 0 saturated carbocycles. The average molecular weight is 489 g/mol. The molecular formula is C22H24Cl3NO3S. The van der Waals surface area contributed by atoms with Gasteiger partial charge in [0.2, 0.25) is 0 Å². The predicted molar refractivity (Wildman–Crippen MR) is 125 cm³/mol. The molecule has 0 aromatic heterocycles. The molecule has 1 saturated heterocycles. The number of carboxylic acid groups (broad SMARTS) is 1. The van der Waals surface area contributed by atoms with Gasteiger partial charge in [0.1, 0.15) is 5.75 Å². The topological polar surface area (TPSA) is 49.8 Å². The van der Waals surface area contributed by atoms with Gasteiger partial charge in [-0.2, -0.15) is 0 Å². The van der Waals surface area contributed by atoms with Crippen molar-refractivity contribution in [2.45, 2.75) is 35.3 Å². The van der Waals surface area contributed by atoms with E-state index in [1.165, 1.54) is 5.56 Å². The number of ether oxygens (including phenoxy) is 1. The van der Waals surface area contributed by atoms with E-state index in [0.717, 1.165) is 42.1 Å². The van der Waals surface area contributed by atoms with Crippen LogP contribution in [0, 0.1) is 0 Å². The molecule has 8 heteroatoms. The Kier molecular flexibility index (Phi) is 7.86. The molecule has 0 bridgehead atoms. The first-order chi connectivity index (χ1) is 14.0. The van der Waals surface area contributed by atoms with E-state index in [2.05, 4.69) is 23.1 Å². The van der Waals surface area contributed by atoms with Gasteiger partial charge in [0.15, 0.2) is 0 Å². The lowest BCUT2D eigenvalue weighted by molar-refractivity contribution is -0.137. The van der Waals surface area contributed by atoms with Crippen molar-refractivity contribution in [2.24, 2.45) is 0 Å². The molecular weight excluding hydrogens is 465 g/mol. The summed E-state index contributed by atoms with van der Waals surface area (Å²) in [7, 11) is 0. The summed E-state index contributed by atoms with van der Waals surface area (Å²) in [6, 6.07) is 12.1. The van der Waals surface area contributed by atoms with Crippen LogP contribution in [-0.2, 0) is 16.0 Å². The van der Waals surface area contributed by atoms with Gasteiger partial charge in [-0.05, 0) is 55.8 Å². The highest BCUT2D eigenvalue weighted by molar-refractivity contribution is 7.98. The van der Waals surface area contributed by atoms with Crippen molar-refractivity contribution in [3.05, 3.63) is 57.6 Å². The summed E-state index contributed by atoms with van der Waals surface area (Å²) in [5.74, 6) is 0.947. The summed E-state index contributed by atoms with van der Waals surface area (Å²) in [4.78, 5) is 14.2. The molecule has 0 amide bonds. The molecule has 1 fully saturated rings. The number of aliphatic carboxylic acids is 1. The van der Waals surface area contributed by atoms with Crippen LogP contribution in [0.4, 0.5) is 0 Å². The highest BCUT2D eigenvalue weighted by Gasteiger charge is 2.43. The second-order valence-corrected chi connectivity index (χ2v) is 9.56. The van der Waals surface area contributed by atoms with Crippen molar-refractivity contribution in [3.63, 3.8) is 0 Å². The molecule has 2 heterocycles. The number of nitrogens with zero attached hydrogens (tertiary/aromatic N) is 1. The Morgan fingerprint density at radius 3 is 2.53 bits per heavy atom. The van der Waals surface area contributed by atoms with Gasteiger partial charge in [0.25, 0.3) is 0 Å². The lowest BCUT2D eigenvalue weighted by atomic mass is 9.74. The molecule has 2 aliphatic rings. The summed E-state index contributed by atoms with van der Waals surface area (Å²) >= 11 is 14.3. The van der Waals surface area contributed by atoms with Gasteiger partial charge in [0, 0.05) is 38.2 Å². The van der Waals surface area contributed by atoms with Crippen LogP contribution in [0.3, 0.4) is 0 Å². The number of fused-ring (bicyclic) bond motifs is 2. The standard InChI is InChI=1S/C22H23Cl2NO3S.ClH/c23-18-2-1-3-19(24)16(18)13-29-15-4-5-17-20(12-15)28-14-22(17)7-10-25(11-8-22)9-6-21(26)27;/h1-5,12H,6-11,13-14H2,(H,26,27);1H. The monoisotopic (exact) mass is 487 g/mol. The first-order valence-electron chi connectivity index (χ1n) is 9.74. The molecule has 2 aliphatic heterocycles. The van der Waals surface area contributed by atoms with Crippen LogP contribution >= 0.6 is 47.4 Å². The zero-order chi connectivity index (χ0) is 20.4. The fourth-order valence-electron chi connectivity index (χ4n) is 4.14. The molecule has 0 aliphatic carbocycles. The Morgan fingerprint density at radius 2 is 1.87 bits per heavy atom. The van der Waals surface area contributed by atoms with Crippen LogP contribution < -0.4 is 4.74 Å². The maximum absolute atomic E-state index is 10.8. The zero-order valence-electron chi connectivity index (χ0n) is 16.4. The van der Waals surface area contributed by atoms with Crippen LogP contribution in [0.15, 0.2) is 41.3 Å². The number of halogens is 3. The number of hydrogen-bond acceptors (Lipinski definition) is 4. The van der Waals surface area contributed by atoms with E-state index < -0.39 is 5.97 Å². The molecule has 0 atom stereocenters. The fraction of sp³-hybridized carbons (Fsp3) is 0.409. The molecule has 2 aromatic carbocycles. The fourth-order valence-corrected chi connectivity index (χ4v) is 5.81.